The van der Waals surface area contributed by atoms with E-state index in [1.165, 1.54) is 0 Å². The van der Waals surface area contributed by atoms with E-state index in [9.17, 15) is 0 Å². The van der Waals surface area contributed by atoms with Crippen LogP contribution < -0.4 is 0 Å². The molecule has 0 aromatic carbocycles. The van der Waals surface area contributed by atoms with E-state index in [0.29, 0.717) is 0 Å². The smallest absolute Gasteiger partial charge is 0.152 e. The summed E-state index contributed by atoms with van der Waals surface area (Å²) in [6.07, 6.45) is 0. The lowest BCUT2D eigenvalue weighted by molar-refractivity contribution is -0.137. The summed E-state index contributed by atoms with van der Waals surface area (Å²) in [7, 11) is 4.18. The Kier molecular flexibility index (Phi) is 3.96. The Morgan fingerprint density at radius 1 is 1.44 bits per heavy atom. The molecule has 0 aliphatic heterocycles. The number of alkyl halides is 1. The third-order valence-electron chi connectivity index (χ3n) is 1.53. The van der Waals surface area contributed by atoms with Gasteiger partial charge < -0.3 is 9.47 Å². The van der Waals surface area contributed by atoms with E-state index in [4.69, 9.17) is 9.47 Å². The summed E-state index contributed by atoms with van der Waals surface area (Å²) in [5, 5.41) is 0. The van der Waals surface area contributed by atoms with Crippen molar-refractivity contribution < 1.29 is 9.47 Å². The van der Waals surface area contributed by atoms with Crippen molar-refractivity contribution in [3.8, 4) is 0 Å². The molecule has 0 spiro atoms. The highest BCUT2D eigenvalue weighted by Gasteiger charge is 2.27. The van der Waals surface area contributed by atoms with Crippen molar-refractivity contribution in [3.05, 3.63) is 0 Å². The predicted molar refractivity (Wildman–Crippen MR) is 45.1 cm³/mol. The average Bonchev–Trinajstić information content (AvgIpc) is 1.86. The van der Waals surface area contributed by atoms with E-state index in [-0.39, 0.29) is 10.2 Å². The van der Waals surface area contributed by atoms with Gasteiger partial charge in [-0.3, -0.25) is 0 Å². The fourth-order valence-corrected chi connectivity index (χ4v) is 0.782. The molecular weight excluding hydrogens is 200 g/mol. The maximum atomic E-state index is 5.14. The van der Waals surface area contributed by atoms with Crippen LogP contribution in [-0.4, -0.2) is 34.7 Å². The highest BCUT2D eigenvalue weighted by atomic mass is 79.9. The lowest BCUT2D eigenvalue weighted by atomic mass is 10.4. The molecule has 0 fully saturated rings. The van der Waals surface area contributed by atoms with Gasteiger partial charge in [-0.05, 0) is 6.92 Å². The SMILES string of the molecule is COC([SiH3])(OC)C(C)Br. The normalized spacial score (nSPS) is 16.0. The number of ether oxygens (including phenoxy) is 2. The summed E-state index contributed by atoms with van der Waals surface area (Å²) >= 11 is 3.40. The van der Waals surface area contributed by atoms with Crippen LogP contribution in [0, 0.1) is 0 Å². The minimum absolute atomic E-state index is 0.256. The van der Waals surface area contributed by atoms with E-state index in [0.717, 1.165) is 10.2 Å². The van der Waals surface area contributed by atoms with Gasteiger partial charge in [-0.15, -0.1) is 0 Å². The van der Waals surface area contributed by atoms with Crippen LogP contribution in [0.1, 0.15) is 6.92 Å². The van der Waals surface area contributed by atoms with E-state index in [2.05, 4.69) is 15.9 Å². The molecule has 0 saturated heterocycles. The number of rotatable bonds is 3. The van der Waals surface area contributed by atoms with Gasteiger partial charge in [0.2, 0.25) is 0 Å². The van der Waals surface area contributed by atoms with Gasteiger partial charge in [-0.2, -0.15) is 0 Å². The zero-order valence-corrected chi connectivity index (χ0v) is 9.86. The van der Waals surface area contributed by atoms with Gasteiger partial charge in [0.15, 0.2) is 5.41 Å². The topological polar surface area (TPSA) is 18.5 Å². The van der Waals surface area contributed by atoms with Crippen LogP contribution in [0.15, 0.2) is 0 Å². The molecule has 0 rings (SSSR count). The molecule has 9 heavy (non-hydrogen) atoms. The van der Waals surface area contributed by atoms with Crippen LogP contribution in [-0.2, 0) is 9.47 Å². The van der Waals surface area contributed by atoms with Crippen LogP contribution in [0.4, 0.5) is 0 Å². The van der Waals surface area contributed by atoms with Crippen molar-refractivity contribution in [1.82, 2.24) is 0 Å². The fraction of sp³-hybridized carbons (Fsp3) is 1.00. The molecule has 2 nitrogen and oxygen atoms in total. The Bertz CT molecular complexity index is 83.0. The minimum atomic E-state index is -0.361. The van der Waals surface area contributed by atoms with Gasteiger partial charge in [-0.25, -0.2) is 0 Å². The Morgan fingerprint density at radius 2 is 1.78 bits per heavy atom. The van der Waals surface area contributed by atoms with Gasteiger partial charge in [0.05, 0.1) is 15.1 Å². The number of methoxy groups -OCH3 is 2. The molecule has 0 aromatic rings. The molecule has 0 aliphatic carbocycles. The summed E-state index contributed by atoms with van der Waals surface area (Å²) in [6, 6.07) is 0. The predicted octanol–water partition coefficient (Wildman–Crippen LogP) is 0.0818. The molecule has 0 aromatic heterocycles. The van der Waals surface area contributed by atoms with Crippen molar-refractivity contribution in [2.75, 3.05) is 14.2 Å². The summed E-state index contributed by atoms with van der Waals surface area (Å²) in [4.78, 5) is 0.256. The molecule has 0 N–H and O–H groups in total. The van der Waals surface area contributed by atoms with Crippen molar-refractivity contribution in [2.45, 2.75) is 17.2 Å². The van der Waals surface area contributed by atoms with Crippen LogP contribution in [0.3, 0.4) is 0 Å². The quantitative estimate of drug-likeness (QED) is 0.375. The molecule has 0 heterocycles. The highest BCUT2D eigenvalue weighted by molar-refractivity contribution is 9.09. The lowest BCUT2D eigenvalue weighted by Crippen LogP contribution is -2.41. The van der Waals surface area contributed by atoms with Crippen molar-refractivity contribution in [1.29, 1.82) is 0 Å². The zero-order valence-electron chi connectivity index (χ0n) is 6.27. The molecule has 56 valence electrons. The zero-order chi connectivity index (χ0) is 7.49. The molecule has 0 amide bonds. The largest absolute Gasteiger partial charge is 0.357 e. The first kappa shape index (κ1) is 9.62. The molecule has 0 radical (unpaired) electrons. The molecule has 0 bridgehead atoms. The standard InChI is InChI=1S/C5H13BrO2Si/c1-4(6)5(9,7-2)8-3/h4H,1-3,9H3. The van der Waals surface area contributed by atoms with Crippen LogP contribution in [0.5, 0.6) is 0 Å². The summed E-state index contributed by atoms with van der Waals surface area (Å²) in [5.41, 5.74) is -0.361. The Labute approximate surface area is 67.5 Å². The van der Waals surface area contributed by atoms with E-state index in [1.807, 2.05) is 6.92 Å². The number of halogens is 1. The monoisotopic (exact) mass is 212 g/mol. The third-order valence-corrected chi connectivity index (χ3v) is 4.89. The van der Waals surface area contributed by atoms with Gasteiger partial charge in [0.1, 0.15) is 0 Å². The van der Waals surface area contributed by atoms with Crippen LogP contribution in [0.2, 0.25) is 0 Å². The van der Waals surface area contributed by atoms with Crippen molar-refractivity contribution >= 4 is 26.2 Å². The molecule has 1 unspecified atom stereocenters. The Morgan fingerprint density at radius 3 is 1.78 bits per heavy atom. The fourth-order valence-electron chi connectivity index (χ4n) is 0.408. The second-order valence-corrected chi connectivity index (χ2v) is 4.81. The molecule has 4 heteroatoms. The second kappa shape index (κ2) is 3.70. The van der Waals surface area contributed by atoms with Crippen LogP contribution >= 0.6 is 15.9 Å². The summed E-state index contributed by atoms with van der Waals surface area (Å²) in [5.74, 6) is 0. The summed E-state index contributed by atoms with van der Waals surface area (Å²) < 4.78 is 10.3. The van der Waals surface area contributed by atoms with Gasteiger partial charge in [0, 0.05) is 14.2 Å². The number of hydrogen-bond acceptors (Lipinski definition) is 2. The highest BCUT2D eigenvalue weighted by Crippen LogP contribution is 2.18. The van der Waals surface area contributed by atoms with Crippen molar-refractivity contribution in [2.24, 2.45) is 0 Å². The summed E-state index contributed by atoms with van der Waals surface area (Å²) in [6.45, 7) is 2.01. The first-order chi connectivity index (χ1) is 4.06. The molecular formula is C5H13BrO2Si. The Hall–Kier alpha value is 0.617. The van der Waals surface area contributed by atoms with Gasteiger partial charge in [-0.1, -0.05) is 15.9 Å². The molecule has 1 atom stereocenters. The average molecular weight is 213 g/mol. The molecule has 0 aliphatic rings. The third kappa shape index (κ3) is 2.37. The van der Waals surface area contributed by atoms with E-state index >= 15 is 0 Å². The van der Waals surface area contributed by atoms with E-state index in [1.54, 1.807) is 14.2 Å². The molecule has 0 saturated carbocycles. The lowest BCUT2D eigenvalue weighted by Gasteiger charge is -2.29. The number of hydrogen-bond donors (Lipinski definition) is 0. The maximum Gasteiger partial charge on any atom is 0.152 e. The van der Waals surface area contributed by atoms with Gasteiger partial charge >= 0.3 is 0 Å². The maximum absolute atomic E-state index is 5.14. The van der Waals surface area contributed by atoms with Gasteiger partial charge in [0.25, 0.3) is 0 Å². The van der Waals surface area contributed by atoms with Crippen LogP contribution in [0.25, 0.3) is 0 Å². The van der Waals surface area contributed by atoms with E-state index < -0.39 is 0 Å². The second-order valence-electron chi connectivity index (χ2n) is 2.04. The minimum Gasteiger partial charge on any atom is -0.357 e. The first-order valence-electron chi connectivity index (χ1n) is 2.81. The first-order valence-corrected chi connectivity index (χ1v) is 4.72. The Balaban J connectivity index is 3.92. The van der Waals surface area contributed by atoms with Crippen molar-refractivity contribution in [3.63, 3.8) is 0 Å².